The number of carbonyl (C=O) groups is 4. The Bertz CT molecular complexity index is 735. The number of esters is 1. The van der Waals surface area contributed by atoms with Gasteiger partial charge in [0.25, 0.3) is 0 Å². The molecule has 0 saturated heterocycles. The van der Waals surface area contributed by atoms with Gasteiger partial charge < -0.3 is 24.8 Å². The minimum Gasteiger partial charge on any atom is -0.459 e. The molecule has 35 heavy (non-hydrogen) atoms. The largest absolute Gasteiger partial charge is 0.459 e. The molecule has 0 aromatic carbocycles. The van der Waals surface area contributed by atoms with Crippen LogP contribution in [0.15, 0.2) is 24.3 Å². The van der Waals surface area contributed by atoms with Gasteiger partial charge >= 0.3 is 18.2 Å². The fraction of sp³-hybridized carbons (Fsp3) is 0.692. The van der Waals surface area contributed by atoms with Gasteiger partial charge in [-0.25, -0.2) is 14.4 Å². The SMILES string of the molecule is C=C(C)C(=O)CCCCOC(=O)NCCC(C)CC(C)(CC)CNC(=O)OCCOC(=O)C(=C)C. The van der Waals surface area contributed by atoms with Crippen molar-refractivity contribution in [3.05, 3.63) is 24.3 Å². The van der Waals surface area contributed by atoms with Crippen molar-refractivity contribution >= 4 is 23.9 Å². The molecule has 0 fully saturated rings. The number of hydrogen-bond acceptors (Lipinski definition) is 7. The predicted octanol–water partition coefficient (Wildman–Crippen LogP) is 4.71. The number of unbranched alkanes of at least 4 members (excludes halogenated alkanes) is 1. The number of hydrogen-bond donors (Lipinski definition) is 2. The Kier molecular flexibility index (Phi) is 16.1. The van der Waals surface area contributed by atoms with Crippen molar-refractivity contribution in [2.75, 3.05) is 32.9 Å². The van der Waals surface area contributed by atoms with Crippen LogP contribution in [0, 0.1) is 11.3 Å². The number of amides is 2. The molecule has 0 aromatic heterocycles. The Morgan fingerprint density at radius 1 is 0.886 bits per heavy atom. The number of Topliss-reactive ketones (excluding diaryl/α,β-unsaturated/α-hetero) is 1. The van der Waals surface area contributed by atoms with Crippen molar-refractivity contribution < 1.29 is 33.4 Å². The van der Waals surface area contributed by atoms with Gasteiger partial charge in [0, 0.05) is 25.1 Å². The van der Waals surface area contributed by atoms with E-state index in [-0.39, 0.29) is 36.6 Å². The summed E-state index contributed by atoms with van der Waals surface area (Å²) in [5, 5.41) is 5.53. The summed E-state index contributed by atoms with van der Waals surface area (Å²) in [7, 11) is 0. The summed E-state index contributed by atoms with van der Waals surface area (Å²) in [6.07, 6.45) is 3.19. The zero-order chi connectivity index (χ0) is 26.9. The van der Waals surface area contributed by atoms with E-state index >= 15 is 0 Å². The Morgan fingerprint density at radius 2 is 1.49 bits per heavy atom. The van der Waals surface area contributed by atoms with E-state index < -0.39 is 18.2 Å². The number of ether oxygens (including phenoxy) is 3. The van der Waals surface area contributed by atoms with Gasteiger partial charge in [0.1, 0.15) is 13.2 Å². The maximum atomic E-state index is 11.9. The van der Waals surface area contributed by atoms with Crippen LogP contribution < -0.4 is 10.6 Å². The number of rotatable bonds is 18. The lowest BCUT2D eigenvalue weighted by atomic mass is 9.78. The van der Waals surface area contributed by atoms with E-state index in [1.807, 2.05) is 0 Å². The second kappa shape index (κ2) is 17.6. The molecule has 0 saturated carbocycles. The third-order valence-corrected chi connectivity index (χ3v) is 5.67. The lowest BCUT2D eigenvalue weighted by molar-refractivity contribution is -0.139. The highest BCUT2D eigenvalue weighted by atomic mass is 16.6. The van der Waals surface area contributed by atoms with Gasteiger partial charge in [-0.15, -0.1) is 0 Å². The van der Waals surface area contributed by atoms with Crippen LogP contribution in [0.2, 0.25) is 0 Å². The topological polar surface area (TPSA) is 120 Å². The third kappa shape index (κ3) is 16.4. The molecule has 2 N–H and O–H groups in total. The van der Waals surface area contributed by atoms with Crippen LogP contribution in [0.25, 0.3) is 0 Å². The molecule has 2 unspecified atom stereocenters. The molecule has 0 radical (unpaired) electrons. The Hall–Kier alpha value is -2.84. The number of carbonyl (C=O) groups excluding carboxylic acids is 4. The van der Waals surface area contributed by atoms with Crippen LogP contribution >= 0.6 is 0 Å². The third-order valence-electron chi connectivity index (χ3n) is 5.67. The van der Waals surface area contributed by atoms with Gasteiger partial charge in [0.05, 0.1) is 6.61 Å². The Morgan fingerprint density at radius 3 is 2.09 bits per heavy atom. The molecule has 200 valence electrons. The first-order chi connectivity index (χ1) is 16.4. The fourth-order valence-electron chi connectivity index (χ4n) is 3.25. The zero-order valence-electron chi connectivity index (χ0n) is 22.1. The van der Waals surface area contributed by atoms with Crippen LogP contribution in [0.1, 0.15) is 73.1 Å². The highest BCUT2D eigenvalue weighted by Crippen LogP contribution is 2.30. The van der Waals surface area contributed by atoms with Crippen molar-refractivity contribution in [2.24, 2.45) is 11.3 Å². The molecule has 0 aliphatic carbocycles. The molecular formula is C26H44N2O7. The molecule has 0 bridgehead atoms. The summed E-state index contributed by atoms with van der Waals surface area (Å²) in [6.45, 7) is 17.8. The van der Waals surface area contributed by atoms with Crippen molar-refractivity contribution in [1.82, 2.24) is 10.6 Å². The first kappa shape index (κ1) is 32.2. The number of ketones is 1. The van der Waals surface area contributed by atoms with Crippen molar-refractivity contribution in [2.45, 2.75) is 73.1 Å². The van der Waals surface area contributed by atoms with E-state index in [1.54, 1.807) is 13.8 Å². The molecule has 0 aromatic rings. The summed E-state index contributed by atoms with van der Waals surface area (Å²) in [5.74, 6) is -0.166. The molecular weight excluding hydrogens is 452 g/mol. The van der Waals surface area contributed by atoms with Crippen molar-refractivity contribution in [3.8, 4) is 0 Å². The van der Waals surface area contributed by atoms with Crippen LogP contribution in [0.5, 0.6) is 0 Å². The van der Waals surface area contributed by atoms with E-state index in [9.17, 15) is 19.2 Å². The molecule has 9 heteroatoms. The zero-order valence-corrected chi connectivity index (χ0v) is 22.1. The van der Waals surface area contributed by atoms with Crippen LogP contribution in [0.4, 0.5) is 9.59 Å². The highest BCUT2D eigenvalue weighted by molar-refractivity contribution is 5.94. The average Bonchev–Trinajstić information content (AvgIpc) is 2.79. The summed E-state index contributed by atoms with van der Waals surface area (Å²) in [6, 6.07) is 0. The van der Waals surface area contributed by atoms with E-state index in [2.05, 4.69) is 44.6 Å². The summed E-state index contributed by atoms with van der Waals surface area (Å²) < 4.78 is 15.1. The predicted molar refractivity (Wildman–Crippen MR) is 135 cm³/mol. The van der Waals surface area contributed by atoms with E-state index in [4.69, 9.17) is 14.2 Å². The first-order valence-corrected chi connectivity index (χ1v) is 12.2. The Labute approximate surface area is 210 Å². The van der Waals surface area contributed by atoms with Crippen molar-refractivity contribution in [3.63, 3.8) is 0 Å². The van der Waals surface area contributed by atoms with Crippen LogP contribution in [-0.4, -0.2) is 56.8 Å². The fourth-order valence-corrected chi connectivity index (χ4v) is 3.25. The minimum atomic E-state index is -0.558. The molecule has 0 aliphatic rings. The summed E-state index contributed by atoms with van der Waals surface area (Å²) >= 11 is 0. The summed E-state index contributed by atoms with van der Waals surface area (Å²) in [4.78, 5) is 46.5. The first-order valence-electron chi connectivity index (χ1n) is 12.2. The van der Waals surface area contributed by atoms with Gasteiger partial charge in [0.15, 0.2) is 5.78 Å². The maximum absolute atomic E-state index is 11.9. The van der Waals surface area contributed by atoms with Crippen molar-refractivity contribution in [1.29, 1.82) is 0 Å². The molecule has 0 heterocycles. The normalized spacial score (nSPS) is 13.1. The molecule has 2 atom stereocenters. The molecule has 0 aliphatic heterocycles. The number of alkyl carbamates (subject to hydrolysis) is 2. The van der Waals surface area contributed by atoms with E-state index in [0.29, 0.717) is 43.8 Å². The minimum absolute atomic E-state index is 0.0225. The molecule has 0 rings (SSSR count). The Balaban J connectivity index is 4.08. The molecule has 2 amide bonds. The number of nitrogens with one attached hydrogen (secondary N) is 2. The van der Waals surface area contributed by atoms with Gasteiger partial charge in [-0.2, -0.15) is 0 Å². The van der Waals surface area contributed by atoms with Crippen LogP contribution in [0.3, 0.4) is 0 Å². The summed E-state index contributed by atoms with van der Waals surface area (Å²) in [5.41, 5.74) is 0.705. The second-order valence-electron chi connectivity index (χ2n) is 9.39. The molecule has 0 spiro atoms. The highest BCUT2D eigenvalue weighted by Gasteiger charge is 2.25. The number of allylic oxidation sites excluding steroid dienone is 1. The van der Waals surface area contributed by atoms with E-state index in [0.717, 1.165) is 19.3 Å². The van der Waals surface area contributed by atoms with Gasteiger partial charge in [-0.3, -0.25) is 4.79 Å². The van der Waals surface area contributed by atoms with Gasteiger partial charge in [-0.05, 0) is 62.9 Å². The van der Waals surface area contributed by atoms with Gasteiger partial charge in [-0.1, -0.05) is 33.9 Å². The quantitative estimate of drug-likeness (QED) is 0.122. The van der Waals surface area contributed by atoms with Crippen LogP contribution in [-0.2, 0) is 23.8 Å². The maximum Gasteiger partial charge on any atom is 0.407 e. The van der Waals surface area contributed by atoms with Gasteiger partial charge in [0.2, 0.25) is 0 Å². The average molecular weight is 497 g/mol. The monoisotopic (exact) mass is 496 g/mol. The lowest BCUT2D eigenvalue weighted by Gasteiger charge is -2.31. The standard InChI is InChI=1S/C26H44N2O7/c1-8-26(7,18-28-25(32)35-16-15-33-23(30)20(4)5)17-21(6)12-13-27-24(31)34-14-10-9-11-22(29)19(2)3/h21H,2,4,8-18H2,1,3,5-7H3,(H,27,31)(H,28,32). The van der Waals surface area contributed by atoms with E-state index in [1.165, 1.54) is 0 Å². The molecule has 9 nitrogen and oxygen atoms in total. The second-order valence-corrected chi connectivity index (χ2v) is 9.39. The lowest BCUT2D eigenvalue weighted by Crippen LogP contribution is -2.37. The smallest absolute Gasteiger partial charge is 0.407 e.